The molecule has 2 amide bonds. The van der Waals surface area contributed by atoms with Crippen molar-refractivity contribution in [1.29, 1.82) is 0 Å². The highest BCUT2D eigenvalue weighted by molar-refractivity contribution is 9.10. The average molecular weight is 376 g/mol. The number of likely N-dealkylation sites (tertiary alicyclic amines) is 1. The number of benzene rings is 1. The number of anilines is 1. The molecule has 21 heavy (non-hydrogen) atoms. The van der Waals surface area contributed by atoms with Gasteiger partial charge in [0.25, 0.3) is 0 Å². The normalized spacial score (nSPS) is 22.0. The molecule has 1 atom stereocenters. The number of hydrogen-bond acceptors (Lipinski definition) is 2. The summed E-state index contributed by atoms with van der Waals surface area (Å²) in [6.45, 7) is 2.00. The SMILES string of the molecule is CC1(C(=O)O)CCCCN1C(=O)Nc1cc(Br)ccc1Cl. The van der Waals surface area contributed by atoms with Crippen LogP contribution in [0.15, 0.2) is 22.7 Å². The molecule has 0 bridgehead atoms. The van der Waals surface area contributed by atoms with E-state index in [1.807, 2.05) is 0 Å². The van der Waals surface area contributed by atoms with Crippen molar-refractivity contribution in [1.82, 2.24) is 4.90 Å². The molecule has 1 aliphatic heterocycles. The van der Waals surface area contributed by atoms with Crippen molar-refractivity contribution in [3.63, 3.8) is 0 Å². The second-order valence-electron chi connectivity index (χ2n) is 5.24. The molecule has 2 rings (SSSR count). The van der Waals surface area contributed by atoms with Crippen LogP contribution in [0.25, 0.3) is 0 Å². The molecule has 114 valence electrons. The van der Waals surface area contributed by atoms with E-state index < -0.39 is 17.5 Å². The number of aliphatic carboxylic acids is 1. The van der Waals surface area contributed by atoms with Crippen LogP contribution in [0.3, 0.4) is 0 Å². The molecule has 1 aliphatic rings. The van der Waals surface area contributed by atoms with E-state index >= 15 is 0 Å². The molecule has 1 unspecified atom stereocenters. The van der Waals surface area contributed by atoms with Crippen molar-refractivity contribution in [2.75, 3.05) is 11.9 Å². The Kier molecular flexibility index (Phi) is 4.78. The molecule has 1 fully saturated rings. The van der Waals surface area contributed by atoms with Gasteiger partial charge in [0.2, 0.25) is 0 Å². The van der Waals surface area contributed by atoms with Crippen LogP contribution in [0, 0.1) is 0 Å². The van der Waals surface area contributed by atoms with Crippen LogP contribution >= 0.6 is 27.5 Å². The summed E-state index contributed by atoms with van der Waals surface area (Å²) >= 11 is 9.35. The molecule has 1 heterocycles. The fourth-order valence-electron chi connectivity index (χ4n) is 2.44. The van der Waals surface area contributed by atoms with Crippen molar-refractivity contribution in [2.24, 2.45) is 0 Å². The van der Waals surface area contributed by atoms with Gasteiger partial charge < -0.3 is 15.3 Å². The second-order valence-corrected chi connectivity index (χ2v) is 6.56. The first-order valence-electron chi connectivity index (χ1n) is 6.61. The summed E-state index contributed by atoms with van der Waals surface area (Å²) < 4.78 is 0.779. The molecule has 0 aromatic heterocycles. The van der Waals surface area contributed by atoms with Crippen LogP contribution in [0.4, 0.5) is 10.5 Å². The first-order valence-corrected chi connectivity index (χ1v) is 7.79. The molecule has 1 saturated heterocycles. The average Bonchev–Trinajstić information content (AvgIpc) is 2.43. The molecular formula is C14H16BrClN2O3. The lowest BCUT2D eigenvalue weighted by Gasteiger charge is -2.41. The van der Waals surface area contributed by atoms with Crippen LogP contribution < -0.4 is 5.32 Å². The van der Waals surface area contributed by atoms with E-state index in [9.17, 15) is 14.7 Å². The minimum Gasteiger partial charge on any atom is -0.480 e. The molecule has 5 nitrogen and oxygen atoms in total. The number of carbonyl (C=O) groups excluding carboxylic acids is 1. The highest BCUT2D eigenvalue weighted by Gasteiger charge is 2.44. The van der Waals surface area contributed by atoms with Gasteiger partial charge in [-0.05, 0) is 44.4 Å². The fraction of sp³-hybridized carbons (Fsp3) is 0.429. The summed E-state index contributed by atoms with van der Waals surface area (Å²) in [5.41, 5.74) is -0.727. The zero-order chi connectivity index (χ0) is 15.6. The maximum atomic E-state index is 12.4. The van der Waals surface area contributed by atoms with Gasteiger partial charge in [0.05, 0.1) is 10.7 Å². The minimum absolute atomic E-state index is 0.403. The predicted molar refractivity (Wildman–Crippen MR) is 84.8 cm³/mol. The van der Waals surface area contributed by atoms with Gasteiger partial charge in [-0.2, -0.15) is 0 Å². The second kappa shape index (κ2) is 6.23. The van der Waals surface area contributed by atoms with Gasteiger partial charge in [-0.15, -0.1) is 0 Å². The third kappa shape index (κ3) is 3.32. The number of halogens is 2. The number of carbonyl (C=O) groups is 2. The van der Waals surface area contributed by atoms with Gasteiger partial charge in [-0.25, -0.2) is 9.59 Å². The van der Waals surface area contributed by atoms with E-state index in [1.54, 1.807) is 25.1 Å². The Morgan fingerprint density at radius 3 is 2.81 bits per heavy atom. The summed E-state index contributed by atoms with van der Waals surface area (Å²) in [5.74, 6) is -0.988. The first kappa shape index (κ1) is 16.1. The number of rotatable bonds is 2. The van der Waals surface area contributed by atoms with Gasteiger partial charge in [0, 0.05) is 11.0 Å². The van der Waals surface area contributed by atoms with Crippen molar-refractivity contribution >= 4 is 45.2 Å². The van der Waals surface area contributed by atoms with Crippen LogP contribution in [0.2, 0.25) is 5.02 Å². The summed E-state index contributed by atoms with van der Waals surface area (Å²) in [7, 11) is 0. The number of carboxylic acids is 1. The Bertz CT molecular complexity index is 581. The van der Waals surface area contributed by atoms with Gasteiger partial charge in [0.15, 0.2) is 0 Å². The lowest BCUT2D eigenvalue weighted by molar-refractivity contribution is -0.150. The Morgan fingerprint density at radius 1 is 1.43 bits per heavy atom. The van der Waals surface area contributed by atoms with E-state index in [1.165, 1.54) is 4.90 Å². The number of nitrogens with zero attached hydrogens (tertiary/aromatic N) is 1. The fourth-order valence-corrected chi connectivity index (χ4v) is 2.97. The zero-order valence-electron chi connectivity index (χ0n) is 11.5. The minimum atomic E-state index is -1.18. The summed E-state index contributed by atoms with van der Waals surface area (Å²) in [6, 6.07) is 4.66. The van der Waals surface area contributed by atoms with Crippen LogP contribution in [0.1, 0.15) is 26.2 Å². The molecular weight excluding hydrogens is 360 g/mol. The van der Waals surface area contributed by atoms with Crippen molar-refractivity contribution < 1.29 is 14.7 Å². The van der Waals surface area contributed by atoms with Crippen LogP contribution in [-0.4, -0.2) is 34.1 Å². The molecule has 7 heteroatoms. The number of hydrogen-bond donors (Lipinski definition) is 2. The Morgan fingerprint density at radius 2 is 2.14 bits per heavy atom. The number of amides is 2. The smallest absolute Gasteiger partial charge is 0.329 e. The van der Waals surface area contributed by atoms with E-state index in [4.69, 9.17) is 11.6 Å². The van der Waals surface area contributed by atoms with E-state index in [0.717, 1.165) is 17.3 Å². The molecule has 0 radical (unpaired) electrons. The Balaban J connectivity index is 2.22. The maximum absolute atomic E-state index is 12.4. The number of carboxylic acid groups (broad SMARTS) is 1. The zero-order valence-corrected chi connectivity index (χ0v) is 13.9. The molecule has 0 aliphatic carbocycles. The summed E-state index contributed by atoms with van der Waals surface area (Å²) in [6.07, 6.45) is 2.04. The van der Waals surface area contributed by atoms with Crippen molar-refractivity contribution in [3.05, 3.63) is 27.7 Å². The molecule has 1 aromatic carbocycles. The number of urea groups is 1. The Hall–Kier alpha value is -1.27. The predicted octanol–water partition coefficient (Wildman–Crippen LogP) is 3.96. The maximum Gasteiger partial charge on any atom is 0.329 e. The highest BCUT2D eigenvalue weighted by atomic mass is 79.9. The van der Waals surface area contributed by atoms with E-state index in [-0.39, 0.29) is 0 Å². The number of nitrogens with one attached hydrogen (secondary N) is 1. The molecule has 0 spiro atoms. The highest BCUT2D eigenvalue weighted by Crippen LogP contribution is 2.31. The lowest BCUT2D eigenvalue weighted by Crippen LogP contribution is -2.58. The molecule has 1 aromatic rings. The quantitative estimate of drug-likeness (QED) is 0.822. The first-order chi connectivity index (χ1) is 9.84. The van der Waals surface area contributed by atoms with Crippen LogP contribution in [0.5, 0.6) is 0 Å². The molecule has 0 saturated carbocycles. The third-order valence-corrected chi connectivity index (χ3v) is 4.59. The van der Waals surface area contributed by atoms with Crippen LogP contribution in [-0.2, 0) is 4.79 Å². The lowest BCUT2D eigenvalue weighted by atomic mass is 9.89. The van der Waals surface area contributed by atoms with E-state index in [0.29, 0.717) is 23.7 Å². The monoisotopic (exact) mass is 374 g/mol. The van der Waals surface area contributed by atoms with Gasteiger partial charge >= 0.3 is 12.0 Å². The third-order valence-electron chi connectivity index (χ3n) is 3.77. The van der Waals surface area contributed by atoms with Crippen molar-refractivity contribution in [2.45, 2.75) is 31.7 Å². The Labute approximate surface area is 136 Å². The van der Waals surface area contributed by atoms with Gasteiger partial charge in [-0.3, -0.25) is 0 Å². The van der Waals surface area contributed by atoms with Gasteiger partial charge in [0.1, 0.15) is 5.54 Å². The van der Waals surface area contributed by atoms with E-state index in [2.05, 4.69) is 21.2 Å². The topological polar surface area (TPSA) is 69.6 Å². The summed E-state index contributed by atoms with van der Waals surface area (Å²) in [5, 5.41) is 12.5. The largest absolute Gasteiger partial charge is 0.480 e. The molecule has 2 N–H and O–H groups in total. The summed E-state index contributed by atoms with van der Waals surface area (Å²) in [4.78, 5) is 25.3. The van der Waals surface area contributed by atoms with Crippen molar-refractivity contribution in [3.8, 4) is 0 Å². The standard InChI is InChI=1S/C14H16BrClN2O3/c1-14(12(19)20)6-2-3-7-18(14)13(21)17-11-8-9(15)4-5-10(11)16/h4-5,8H,2-3,6-7H2,1H3,(H,17,21)(H,19,20). The van der Waals surface area contributed by atoms with Gasteiger partial charge in [-0.1, -0.05) is 27.5 Å². The number of piperidine rings is 1.